The Hall–Kier alpha value is -3.00. The molecule has 0 unspecified atom stereocenters. The van der Waals surface area contributed by atoms with Crippen molar-refractivity contribution in [3.8, 4) is 5.88 Å². The van der Waals surface area contributed by atoms with Crippen LogP contribution in [-0.2, 0) is 6.54 Å². The SMILES string of the molecule is O=C(N=Nc1c(O)n(Cc2ccccc2)c2ccc(Br)cc12)c1sc2ccccc2c1Cl. The average molecular weight is 525 g/mol. The van der Waals surface area contributed by atoms with Crippen LogP contribution in [0.4, 0.5) is 5.69 Å². The van der Waals surface area contributed by atoms with Gasteiger partial charge in [0.05, 0.1) is 17.1 Å². The third-order valence-electron chi connectivity index (χ3n) is 5.13. The second kappa shape index (κ2) is 8.50. The largest absolute Gasteiger partial charge is 0.493 e. The van der Waals surface area contributed by atoms with Crippen molar-refractivity contribution < 1.29 is 9.90 Å². The van der Waals surface area contributed by atoms with E-state index in [9.17, 15) is 9.90 Å². The minimum Gasteiger partial charge on any atom is -0.493 e. The van der Waals surface area contributed by atoms with Crippen LogP contribution < -0.4 is 0 Å². The van der Waals surface area contributed by atoms with Gasteiger partial charge in [-0.1, -0.05) is 76.1 Å². The van der Waals surface area contributed by atoms with Crippen LogP contribution in [0.5, 0.6) is 5.88 Å². The van der Waals surface area contributed by atoms with Gasteiger partial charge < -0.3 is 9.67 Å². The Bertz CT molecular complexity index is 1510. The van der Waals surface area contributed by atoms with Crippen LogP contribution in [-0.4, -0.2) is 15.6 Å². The maximum Gasteiger partial charge on any atom is 0.307 e. The number of fused-ring (bicyclic) bond motifs is 2. The summed E-state index contributed by atoms with van der Waals surface area (Å²) in [6.07, 6.45) is 0. The first-order chi connectivity index (χ1) is 15.5. The highest BCUT2D eigenvalue weighted by molar-refractivity contribution is 9.10. The van der Waals surface area contributed by atoms with E-state index in [0.717, 1.165) is 25.6 Å². The molecule has 8 heteroatoms. The van der Waals surface area contributed by atoms with Crippen molar-refractivity contribution in [2.24, 2.45) is 10.2 Å². The second-order valence-corrected chi connectivity index (χ2v) is 9.50. The molecule has 0 aliphatic carbocycles. The summed E-state index contributed by atoms with van der Waals surface area (Å²) in [5.74, 6) is -0.601. The van der Waals surface area contributed by atoms with Gasteiger partial charge in [-0.3, -0.25) is 4.79 Å². The second-order valence-electron chi connectivity index (χ2n) is 7.15. The predicted octanol–water partition coefficient (Wildman–Crippen LogP) is 7.95. The zero-order valence-electron chi connectivity index (χ0n) is 16.5. The van der Waals surface area contributed by atoms with Crippen LogP contribution in [0.3, 0.4) is 0 Å². The molecule has 3 aromatic carbocycles. The van der Waals surface area contributed by atoms with Crippen molar-refractivity contribution >= 4 is 71.5 Å². The number of halogens is 2. The van der Waals surface area contributed by atoms with Gasteiger partial charge in [0.1, 0.15) is 4.88 Å². The predicted molar refractivity (Wildman–Crippen MR) is 133 cm³/mol. The summed E-state index contributed by atoms with van der Waals surface area (Å²) in [4.78, 5) is 13.1. The lowest BCUT2D eigenvalue weighted by molar-refractivity contribution is 0.0999. The lowest BCUT2D eigenvalue weighted by atomic mass is 10.2. The Morgan fingerprint density at radius 1 is 1.03 bits per heavy atom. The smallest absolute Gasteiger partial charge is 0.307 e. The molecule has 0 saturated carbocycles. The van der Waals surface area contributed by atoms with E-state index in [0.29, 0.717) is 21.8 Å². The molecule has 0 saturated heterocycles. The van der Waals surface area contributed by atoms with Crippen LogP contribution >= 0.6 is 38.9 Å². The molecule has 0 fully saturated rings. The van der Waals surface area contributed by atoms with Crippen molar-refractivity contribution in [2.75, 3.05) is 0 Å². The van der Waals surface area contributed by atoms with Crippen molar-refractivity contribution in [1.29, 1.82) is 0 Å². The molecule has 2 heterocycles. The Morgan fingerprint density at radius 3 is 2.56 bits per heavy atom. The summed E-state index contributed by atoms with van der Waals surface area (Å²) < 4.78 is 3.49. The van der Waals surface area contributed by atoms with Crippen LogP contribution in [0.15, 0.2) is 87.5 Å². The van der Waals surface area contributed by atoms with Gasteiger partial charge in [0, 0.05) is 19.9 Å². The highest BCUT2D eigenvalue weighted by Gasteiger charge is 2.20. The number of nitrogens with zero attached hydrogens (tertiary/aromatic N) is 3. The molecule has 32 heavy (non-hydrogen) atoms. The molecule has 2 aromatic heterocycles. The van der Waals surface area contributed by atoms with E-state index in [1.54, 1.807) is 4.57 Å². The molecular formula is C24H15BrClN3O2S. The maximum absolute atomic E-state index is 12.8. The molecule has 158 valence electrons. The Kier molecular flexibility index (Phi) is 5.55. The first-order valence-electron chi connectivity index (χ1n) is 9.70. The first-order valence-corrected chi connectivity index (χ1v) is 11.7. The average Bonchev–Trinajstić information content (AvgIpc) is 3.27. The monoisotopic (exact) mass is 523 g/mol. The minimum absolute atomic E-state index is 0.0547. The normalized spacial score (nSPS) is 11.7. The fourth-order valence-corrected chi connectivity index (χ4v) is 5.37. The highest BCUT2D eigenvalue weighted by atomic mass is 79.9. The summed E-state index contributed by atoms with van der Waals surface area (Å²) in [7, 11) is 0. The van der Waals surface area contributed by atoms with Crippen LogP contribution in [0.1, 0.15) is 15.2 Å². The summed E-state index contributed by atoms with van der Waals surface area (Å²) in [5.41, 5.74) is 2.05. The van der Waals surface area contributed by atoms with Gasteiger partial charge in [0.15, 0.2) is 5.69 Å². The van der Waals surface area contributed by atoms with Crippen molar-refractivity contribution in [3.63, 3.8) is 0 Å². The number of hydrogen-bond donors (Lipinski definition) is 1. The molecule has 1 N–H and O–H groups in total. The quantitative estimate of drug-likeness (QED) is 0.242. The van der Waals surface area contributed by atoms with Crippen LogP contribution in [0.2, 0.25) is 5.02 Å². The Labute approximate surface area is 200 Å². The van der Waals surface area contributed by atoms with Crippen LogP contribution in [0.25, 0.3) is 21.0 Å². The Morgan fingerprint density at radius 2 is 1.78 bits per heavy atom. The third-order valence-corrected chi connectivity index (χ3v) is 7.28. The number of azo groups is 1. The standard InChI is InChI=1S/C24H15BrClN3O2S/c25-15-10-11-18-17(12-15)21(24(31)29(18)13-14-6-2-1-3-7-14)27-28-23(30)22-20(26)16-8-4-5-9-19(16)32-22/h1-12,31H,13H2. The molecule has 5 nitrogen and oxygen atoms in total. The van der Waals surface area contributed by atoms with Crippen LogP contribution in [0, 0.1) is 0 Å². The van der Waals surface area contributed by atoms with Gasteiger partial charge in [-0.05, 0) is 29.8 Å². The molecule has 5 rings (SSSR count). The van der Waals surface area contributed by atoms with E-state index >= 15 is 0 Å². The number of carbonyl (C=O) groups excluding carboxylic acids is 1. The molecule has 0 aliphatic rings. The minimum atomic E-state index is -0.547. The van der Waals surface area contributed by atoms with Gasteiger partial charge in [-0.2, -0.15) is 0 Å². The lowest BCUT2D eigenvalue weighted by Gasteiger charge is -2.07. The maximum atomic E-state index is 12.8. The third kappa shape index (κ3) is 3.72. The number of benzene rings is 3. The molecule has 5 aromatic rings. The van der Waals surface area contributed by atoms with E-state index in [-0.39, 0.29) is 11.6 Å². The number of aromatic nitrogens is 1. The highest BCUT2D eigenvalue weighted by Crippen LogP contribution is 2.41. The fraction of sp³-hybridized carbons (Fsp3) is 0.0417. The molecule has 0 atom stereocenters. The molecule has 0 radical (unpaired) electrons. The van der Waals surface area contributed by atoms with E-state index in [4.69, 9.17) is 11.6 Å². The zero-order valence-corrected chi connectivity index (χ0v) is 19.7. The molecule has 1 amide bonds. The molecule has 0 bridgehead atoms. The molecule has 0 spiro atoms. The summed E-state index contributed by atoms with van der Waals surface area (Å²) in [6, 6.07) is 23.0. The fourth-order valence-electron chi connectivity index (χ4n) is 3.61. The Balaban J connectivity index is 1.56. The molecule has 0 aliphatic heterocycles. The van der Waals surface area contributed by atoms with Gasteiger partial charge in [0.25, 0.3) is 0 Å². The van der Waals surface area contributed by atoms with E-state index in [2.05, 4.69) is 26.2 Å². The molecular weight excluding hydrogens is 510 g/mol. The number of hydrogen-bond acceptors (Lipinski definition) is 4. The van der Waals surface area contributed by atoms with Gasteiger partial charge >= 0.3 is 5.91 Å². The zero-order chi connectivity index (χ0) is 22.2. The summed E-state index contributed by atoms with van der Waals surface area (Å²) in [6.45, 7) is 0.455. The van der Waals surface area contributed by atoms with Crippen molar-refractivity contribution in [1.82, 2.24) is 4.57 Å². The topological polar surface area (TPSA) is 66.9 Å². The van der Waals surface area contributed by atoms with Crippen molar-refractivity contribution in [2.45, 2.75) is 6.54 Å². The van der Waals surface area contributed by atoms with Gasteiger partial charge in [-0.25, -0.2) is 0 Å². The van der Waals surface area contributed by atoms with E-state index < -0.39 is 5.91 Å². The number of amides is 1. The number of aromatic hydroxyl groups is 1. The summed E-state index contributed by atoms with van der Waals surface area (Å²) >= 11 is 11.1. The lowest BCUT2D eigenvalue weighted by Crippen LogP contribution is -1.98. The number of rotatable bonds is 4. The van der Waals surface area contributed by atoms with Gasteiger partial charge in [0.2, 0.25) is 5.88 Å². The first kappa shape index (κ1) is 20.9. The summed E-state index contributed by atoms with van der Waals surface area (Å²) in [5, 5.41) is 20.9. The van der Waals surface area contributed by atoms with Gasteiger partial charge in [-0.15, -0.1) is 21.6 Å². The van der Waals surface area contributed by atoms with E-state index in [1.807, 2.05) is 72.8 Å². The number of carbonyl (C=O) groups is 1. The number of thiophene rings is 1. The van der Waals surface area contributed by atoms with Crippen molar-refractivity contribution in [3.05, 3.63) is 92.7 Å². The van der Waals surface area contributed by atoms with E-state index in [1.165, 1.54) is 11.3 Å².